The van der Waals surface area contributed by atoms with E-state index in [0.29, 0.717) is 5.69 Å². The largest absolute Gasteiger partial charge is 0.364 e. The Hall–Kier alpha value is -1.94. The number of hydrogen-bond acceptors (Lipinski definition) is 2. The molecule has 2 aromatic rings. The summed E-state index contributed by atoms with van der Waals surface area (Å²) >= 11 is 0. The average molecular weight is 288 g/mol. The molecule has 3 rings (SSSR count). The average Bonchev–Trinajstić information content (AvgIpc) is 2.49. The second-order valence-electron chi connectivity index (χ2n) is 5.42. The van der Waals surface area contributed by atoms with Crippen LogP contribution < -0.4 is 10.2 Å². The van der Waals surface area contributed by atoms with Gasteiger partial charge < -0.3 is 10.2 Å². The van der Waals surface area contributed by atoms with Crippen molar-refractivity contribution >= 4 is 5.69 Å². The molecule has 4 heteroatoms. The molecule has 21 heavy (non-hydrogen) atoms. The second-order valence-corrected chi connectivity index (χ2v) is 5.42. The zero-order valence-electron chi connectivity index (χ0n) is 11.9. The number of anilines is 1. The molecule has 2 nitrogen and oxygen atoms in total. The van der Waals surface area contributed by atoms with Crippen LogP contribution in [-0.4, -0.2) is 25.7 Å². The molecule has 1 aliphatic heterocycles. The van der Waals surface area contributed by atoms with Crippen molar-refractivity contribution in [1.29, 1.82) is 0 Å². The molecule has 1 heterocycles. The van der Waals surface area contributed by atoms with Crippen molar-refractivity contribution in [3.05, 3.63) is 54.1 Å². The van der Waals surface area contributed by atoms with Crippen molar-refractivity contribution in [3.8, 4) is 11.1 Å². The Morgan fingerprint density at radius 3 is 2.67 bits per heavy atom. The Labute approximate surface area is 123 Å². The summed E-state index contributed by atoms with van der Waals surface area (Å²) in [7, 11) is 0. The lowest BCUT2D eigenvalue weighted by atomic mass is 10.0. The zero-order chi connectivity index (χ0) is 14.8. The third-order valence-corrected chi connectivity index (χ3v) is 3.91. The molecule has 1 atom stereocenters. The van der Waals surface area contributed by atoms with Gasteiger partial charge in [-0.2, -0.15) is 0 Å². The molecule has 110 valence electrons. The van der Waals surface area contributed by atoms with E-state index in [4.69, 9.17) is 0 Å². The van der Waals surface area contributed by atoms with Crippen molar-refractivity contribution in [1.82, 2.24) is 5.32 Å². The molecule has 0 saturated carbocycles. The van der Waals surface area contributed by atoms with E-state index in [2.05, 4.69) is 17.1 Å². The quantitative estimate of drug-likeness (QED) is 0.911. The van der Waals surface area contributed by atoms with Crippen LogP contribution in [0, 0.1) is 11.6 Å². The van der Waals surface area contributed by atoms with Crippen LogP contribution in [0.5, 0.6) is 0 Å². The molecule has 1 fully saturated rings. The second kappa shape index (κ2) is 5.82. The van der Waals surface area contributed by atoms with Crippen LogP contribution in [0.1, 0.15) is 6.92 Å². The first kappa shape index (κ1) is 14.0. The highest BCUT2D eigenvalue weighted by Crippen LogP contribution is 2.29. The van der Waals surface area contributed by atoms with E-state index < -0.39 is 0 Å². The first-order valence-corrected chi connectivity index (χ1v) is 7.18. The Kier molecular flexibility index (Phi) is 3.88. The van der Waals surface area contributed by atoms with E-state index in [1.54, 1.807) is 12.1 Å². The van der Waals surface area contributed by atoms with E-state index >= 15 is 0 Å². The standard InChI is InChI=1S/C17H18F2N2/c1-12-11-20-7-8-21(12)17-10-14(5-6-16(17)19)13-3-2-4-15(18)9-13/h2-6,9-10,12,20H,7-8,11H2,1H3. The van der Waals surface area contributed by atoms with Crippen molar-refractivity contribution in [2.45, 2.75) is 13.0 Å². The molecule has 0 spiro atoms. The van der Waals surface area contributed by atoms with Gasteiger partial charge in [0.1, 0.15) is 11.6 Å². The number of halogens is 2. The van der Waals surface area contributed by atoms with E-state index in [0.717, 1.165) is 30.8 Å². The van der Waals surface area contributed by atoms with E-state index in [-0.39, 0.29) is 17.7 Å². The highest BCUT2D eigenvalue weighted by molar-refractivity contribution is 5.69. The maximum absolute atomic E-state index is 14.2. The minimum Gasteiger partial charge on any atom is -0.364 e. The smallest absolute Gasteiger partial charge is 0.146 e. The first-order chi connectivity index (χ1) is 10.1. The summed E-state index contributed by atoms with van der Waals surface area (Å²) in [5.41, 5.74) is 2.18. The Balaban J connectivity index is 2.00. The van der Waals surface area contributed by atoms with Gasteiger partial charge in [-0.3, -0.25) is 0 Å². The van der Waals surface area contributed by atoms with E-state index in [1.165, 1.54) is 18.2 Å². The van der Waals surface area contributed by atoms with Gasteiger partial charge in [0.05, 0.1) is 5.69 Å². The molecule has 2 aromatic carbocycles. The number of nitrogens with one attached hydrogen (secondary N) is 1. The Morgan fingerprint density at radius 1 is 1.10 bits per heavy atom. The van der Waals surface area contributed by atoms with Crippen LogP contribution in [0.3, 0.4) is 0 Å². The summed E-state index contributed by atoms with van der Waals surface area (Å²) in [6, 6.07) is 11.6. The topological polar surface area (TPSA) is 15.3 Å². The minimum atomic E-state index is -0.283. The lowest BCUT2D eigenvalue weighted by Crippen LogP contribution is -2.50. The number of hydrogen-bond donors (Lipinski definition) is 1. The SMILES string of the molecule is CC1CNCCN1c1cc(-c2cccc(F)c2)ccc1F. The molecule has 1 unspecified atom stereocenters. The lowest BCUT2D eigenvalue weighted by molar-refractivity contribution is 0.491. The van der Waals surface area contributed by atoms with Gasteiger partial charge in [-0.15, -0.1) is 0 Å². The summed E-state index contributed by atoms with van der Waals surface area (Å²) in [5, 5.41) is 3.29. The van der Waals surface area contributed by atoms with Crippen molar-refractivity contribution in [2.75, 3.05) is 24.5 Å². The van der Waals surface area contributed by atoms with Gasteiger partial charge in [-0.1, -0.05) is 18.2 Å². The molecule has 1 aliphatic rings. The molecule has 0 aliphatic carbocycles. The van der Waals surface area contributed by atoms with E-state index in [9.17, 15) is 8.78 Å². The molecule has 0 amide bonds. The summed E-state index contributed by atoms with van der Waals surface area (Å²) in [4.78, 5) is 2.06. The normalized spacial score (nSPS) is 18.8. The predicted octanol–water partition coefficient (Wildman–Crippen LogP) is 3.43. The van der Waals surface area contributed by atoms with Crippen molar-refractivity contribution < 1.29 is 8.78 Å². The summed E-state index contributed by atoms with van der Waals surface area (Å²) < 4.78 is 27.5. The third kappa shape index (κ3) is 2.90. The van der Waals surface area contributed by atoms with Gasteiger partial charge in [0.2, 0.25) is 0 Å². The number of piperazine rings is 1. The number of nitrogens with zero attached hydrogens (tertiary/aromatic N) is 1. The van der Waals surface area contributed by atoms with Crippen LogP contribution in [0.4, 0.5) is 14.5 Å². The molecular weight excluding hydrogens is 270 g/mol. The molecule has 1 N–H and O–H groups in total. The maximum Gasteiger partial charge on any atom is 0.146 e. The van der Waals surface area contributed by atoms with Gasteiger partial charge >= 0.3 is 0 Å². The maximum atomic E-state index is 14.2. The van der Waals surface area contributed by atoms with Crippen LogP contribution in [0.25, 0.3) is 11.1 Å². The van der Waals surface area contributed by atoms with E-state index in [1.807, 2.05) is 12.1 Å². The summed E-state index contributed by atoms with van der Waals surface area (Å²) in [6.07, 6.45) is 0. The molecule has 1 saturated heterocycles. The zero-order valence-corrected chi connectivity index (χ0v) is 11.9. The van der Waals surface area contributed by atoms with Crippen molar-refractivity contribution in [2.24, 2.45) is 0 Å². The number of benzene rings is 2. The van der Waals surface area contributed by atoms with Crippen LogP contribution in [0.15, 0.2) is 42.5 Å². The third-order valence-electron chi connectivity index (χ3n) is 3.91. The van der Waals surface area contributed by atoms with Gasteiger partial charge in [0, 0.05) is 25.7 Å². The molecule has 0 bridgehead atoms. The molecule has 0 aromatic heterocycles. The Bertz CT molecular complexity index is 642. The van der Waals surface area contributed by atoms with Crippen LogP contribution in [-0.2, 0) is 0 Å². The van der Waals surface area contributed by atoms with Crippen molar-refractivity contribution in [3.63, 3.8) is 0 Å². The fourth-order valence-electron chi connectivity index (χ4n) is 2.78. The Morgan fingerprint density at radius 2 is 1.90 bits per heavy atom. The monoisotopic (exact) mass is 288 g/mol. The fourth-order valence-corrected chi connectivity index (χ4v) is 2.78. The van der Waals surface area contributed by atoms with Crippen LogP contribution in [0.2, 0.25) is 0 Å². The fraction of sp³-hybridized carbons (Fsp3) is 0.294. The highest BCUT2D eigenvalue weighted by Gasteiger charge is 2.21. The van der Waals surface area contributed by atoms with Gasteiger partial charge in [0.15, 0.2) is 0 Å². The lowest BCUT2D eigenvalue weighted by Gasteiger charge is -2.36. The van der Waals surface area contributed by atoms with Gasteiger partial charge in [0.25, 0.3) is 0 Å². The molecule has 0 radical (unpaired) electrons. The summed E-state index contributed by atoms with van der Waals surface area (Å²) in [6.45, 7) is 4.52. The summed E-state index contributed by atoms with van der Waals surface area (Å²) in [5.74, 6) is -0.516. The molecular formula is C17H18F2N2. The van der Waals surface area contributed by atoms with Gasteiger partial charge in [-0.25, -0.2) is 8.78 Å². The first-order valence-electron chi connectivity index (χ1n) is 7.18. The predicted molar refractivity (Wildman–Crippen MR) is 81.5 cm³/mol. The van der Waals surface area contributed by atoms with Crippen LogP contribution >= 0.6 is 0 Å². The van der Waals surface area contributed by atoms with Gasteiger partial charge in [-0.05, 0) is 42.3 Å². The minimum absolute atomic E-state index is 0.232. The number of rotatable bonds is 2. The highest BCUT2D eigenvalue weighted by atomic mass is 19.1.